The predicted octanol–water partition coefficient (Wildman–Crippen LogP) is 3.30. The molecular weight excluding hydrogens is 510 g/mol. The largest absolute Gasteiger partial charge is 1.00 e. The van der Waals surface area contributed by atoms with Crippen molar-refractivity contribution in [3.05, 3.63) is 132 Å². The summed E-state index contributed by atoms with van der Waals surface area (Å²) in [6, 6.07) is 41.7. The van der Waals surface area contributed by atoms with Crippen LogP contribution in [0, 0.1) is 0 Å². The summed E-state index contributed by atoms with van der Waals surface area (Å²) in [4.78, 5) is 13.4. The van der Waals surface area contributed by atoms with Crippen LogP contribution >= 0.6 is 7.26 Å². The van der Waals surface area contributed by atoms with Crippen molar-refractivity contribution in [1.29, 1.82) is 0 Å². The number of ketones is 1. The van der Waals surface area contributed by atoms with Crippen molar-refractivity contribution in [2.24, 2.45) is 0 Å². The SMILES string of the molecule is C[P+](c1ccccc1)(c1ccccc1)C(CC(=O)c1ccccc1)c1ccccc1.[I-]. The third-order valence-corrected chi connectivity index (χ3v) is 10.3. The summed E-state index contributed by atoms with van der Waals surface area (Å²) in [6.45, 7) is 2.38. The molecule has 1 nitrogen and oxygen atoms in total. The van der Waals surface area contributed by atoms with E-state index in [-0.39, 0.29) is 35.4 Å². The van der Waals surface area contributed by atoms with E-state index in [2.05, 4.69) is 91.6 Å². The lowest BCUT2D eigenvalue weighted by Gasteiger charge is -2.32. The first kappa shape index (κ1) is 23.4. The normalized spacial score (nSPS) is 11.9. The maximum absolute atomic E-state index is 13.4. The van der Waals surface area contributed by atoms with Gasteiger partial charge in [0.05, 0.1) is 31.0 Å². The van der Waals surface area contributed by atoms with Crippen molar-refractivity contribution in [3.8, 4) is 0 Å². The number of carbonyl (C=O) groups is 1. The predicted molar refractivity (Wildman–Crippen MR) is 130 cm³/mol. The minimum Gasteiger partial charge on any atom is -1.00 e. The molecule has 1 unspecified atom stereocenters. The molecule has 156 valence electrons. The third kappa shape index (κ3) is 5.14. The number of carbonyl (C=O) groups excluding carboxylic acids is 1. The summed E-state index contributed by atoms with van der Waals surface area (Å²) >= 11 is 0. The molecule has 0 N–H and O–H groups in total. The van der Waals surface area contributed by atoms with Gasteiger partial charge >= 0.3 is 0 Å². The average molecular weight is 536 g/mol. The fourth-order valence-electron chi connectivity index (χ4n) is 4.18. The highest BCUT2D eigenvalue weighted by Crippen LogP contribution is 2.66. The Balaban J connectivity index is 0.00000272. The molecular formula is C28H26IOP. The Labute approximate surface area is 202 Å². The van der Waals surface area contributed by atoms with Gasteiger partial charge in [-0.15, -0.1) is 0 Å². The Morgan fingerprint density at radius 1 is 0.645 bits per heavy atom. The fraction of sp³-hybridized carbons (Fsp3) is 0.107. The van der Waals surface area contributed by atoms with Gasteiger partial charge in [0.2, 0.25) is 0 Å². The van der Waals surface area contributed by atoms with Gasteiger partial charge in [-0.1, -0.05) is 97.1 Å². The zero-order valence-electron chi connectivity index (χ0n) is 17.6. The van der Waals surface area contributed by atoms with Gasteiger partial charge in [-0.25, -0.2) is 0 Å². The van der Waals surface area contributed by atoms with E-state index in [9.17, 15) is 4.79 Å². The monoisotopic (exact) mass is 536 g/mol. The highest BCUT2D eigenvalue weighted by atomic mass is 127. The molecule has 3 heteroatoms. The van der Waals surface area contributed by atoms with Crippen LogP contribution in [0.1, 0.15) is 28.0 Å². The van der Waals surface area contributed by atoms with Crippen LogP contribution in [0.2, 0.25) is 0 Å². The van der Waals surface area contributed by atoms with E-state index < -0.39 is 7.26 Å². The van der Waals surface area contributed by atoms with Crippen LogP contribution < -0.4 is 34.6 Å². The van der Waals surface area contributed by atoms with Gasteiger partial charge in [-0.05, 0) is 29.8 Å². The van der Waals surface area contributed by atoms with E-state index in [1.807, 2.05) is 36.4 Å². The first-order valence-corrected chi connectivity index (χ1v) is 12.6. The van der Waals surface area contributed by atoms with Gasteiger partial charge in [0.15, 0.2) is 5.78 Å². The van der Waals surface area contributed by atoms with Crippen molar-refractivity contribution in [3.63, 3.8) is 0 Å². The van der Waals surface area contributed by atoms with Gasteiger partial charge in [-0.3, -0.25) is 4.79 Å². The number of Topliss-reactive ketones (excluding diaryl/α,β-unsaturated/α-hetero) is 1. The van der Waals surface area contributed by atoms with Crippen LogP contribution in [-0.4, -0.2) is 12.4 Å². The van der Waals surface area contributed by atoms with Crippen LogP contribution in [0.4, 0.5) is 0 Å². The Morgan fingerprint density at radius 2 is 1.03 bits per heavy atom. The Hall–Kier alpha value is -2.29. The fourth-order valence-corrected chi connectivity index (χ4v) is 8.08. The minimum atomic E-state index is -1.90. The molecule has 4 aromatic carbocycles. The van der Waals surface area contributed by atoms with Crippen LogP contribution in [0.5, 0.6) is 0 Å². The van der Waals surface area contributed by atoms with Crippen molar-refractivity contribution < 1.29 is 28.8 Å². The van der Waals surface area contributed by atoms with Crippen molar-refractivity contribution in [1.82, 2.24) is 0 Å². The number of hydrogen-bond donors (Lipinski definition) is 0. The van der Waals surface area contributed by atoms with E-state index in [1.165, 1.54) is 16.2 Å². The Kier molecular flexibility index (Phi) is 8.17. The van der Waals surface area contributed by atoms with Crippen molar-refractivity contribution in [2.45, 2.75) is 12.1 Å². The Bertz CT molecular complexity index is 1040. The molecule has 0 spiro atoms. The molecule has 0 aromatic heterocycles. The second-order valence-electron chi connectivity index (χ2n) is 7.67. The molecule has 0 saturated carbocycles. The lowest BCUT2D eigenvalue weighted by atomic mass is 10.0. The number of rotatable bonds is 7. The molecule has 0 bridgehead atoms. The van der Waals surface area contributed by atoms with Gasteiger partial charge in [-0.2, -0.15) is 0 Å². The quantitative estimate of drug-likeness (QED) is 0.201. The highest BCUT2D eigenvalue weighted by molar-refractivity contribution is 7.89. The van der Waals surface area contributed by atoms with Crippen LogP contribution in [0.15, 0.2) is 121 Å². The maximum atomic E-state index is 13.4. The van der Waals surface area contributed by atoms with Gasteiger partial charge in [0.25, 0.3) is 0 Å². The van der Waals surface area contributed by atoms with E-state index >= 15 is 0 Å². The summed E-state index contributed by atoms with van der Waals surface area (Å²) in [5.74, 6) is 0.197. The minimum absolute atomic E-state index is 0. The molecule has 31 heavy (non-hydrogen) atoms. The first-order chi connectivity index (χ1) is 14.7. The molecule has 1 atom stereocenters. The molecule has 0 saturated heterocycles. The molecule has 4 aromatic rings. The smallest absolute Gasteiger partial charge is 0.167 e. The molecule has 0 heterocycles. The zero-order chi connectivity index (χ0) is 20.8. The number of hydrogen-bond acceptors (Lipinski definition) is 1. The van der Waals surface area contributed by atoms with Gasteiger partial charge < -0.3 is 24.0 Å². The Morgan fingerprint density at radius 3 is 1.48 bits per heavy atom. The van der Waals surface area contributed by atoms with Crippen LogP contribution in [0.25, 0.3) is 0 Å². The summed E-state index contributed by atoms with van der Waals surface area (Å²) < 4.78 is 0. The summed E-state index contributed by atoms with van der Waals surface area (Å²) in [5.41, 5.74) is 2.12. The van der Waals surface area contributed by atoms with E-state index in [0.29, 0.717) is 6.42 Å². The number of halogens is 1. The average Bonchev–Trinajstić information content (AvgIpc) is 2.84. The van der Waals surface area contributed by atoms with Gasteiger partial charge in [0.1, 0.15) is 5.66 Å². The van der Waals surface area contributed by atoms with E-state index in [4.69, 9.17) is 0 Å². The first-order valence-electron chi connectivity index (χ1n) is 10.3. The van der Waals surface area contributed by atoms with Gasteiger partial charge in [0, 0.05) is 5.56 Å². The maximum Gasteiger partial charge on any atom is 0.167 e. The highest BCUT2D eigenvalue weighted by Gasteiger charge is 2.47. The molecule has 4 rings (SSSR count). The van der Waals surface area contributed by atoms with Crippen molar-refractivity contribution >= 4 is 23.7 Å². The van der Waals surface area contributed by atoms with Crippen LogP contribution in [0.3, 0.4) is 0 Å². The van der Waals surface area contributed by atoms with E-state index in [1.54, 1.807) is 0 Å². The second kappa shape index (κ2) is 10.8. The van der Waals surface area contributed by atoms with E-state index in [0.717, 1.165) is 5.56 Å². The third-order valence-electron chi connectivity index (χ3n) is 5.87. The molecule has 0 aliphatic rings. The standard InChI is InChI=1S/C28H26OP.HI/c1-30(25-18-10-4-11-19-25,26-20-12-5-13-21-26)28(24-16-8-3-9-17-24)22-27(29)23-14-6-2-7-15-23;/h2-21,28H,22H2,1H3;1H/q+1;/p-1. The lowest BCUT2D eigenvalue weighted by Crippen LogP contribution is -3.00. The van der Waals surface area contributed by atoms with Crippen molar-refractivity contribution in [2.75, 3.05) is 6.66 Å². The lowest BCUT2D eigenvalue weighted by molar-refractivity contribution is -0.0000138. The molecule has 0 fully saturated rings. The number of benzene rings is 4. The summed E-state index contributed by atoms with van der Waals surface area (Å²) in [6.07, 6.45) is 0.488. The molecule has 0 radical (unpaired) electrons. The molecule has 0 aliphatic heterocycles. The molecule has 0 amide bonds. The topological polar surface area (TPSA) is 17.1 Å². The zero-order valence-corrected chi connectivity index (χ0v) is 20.6. The second-order valence-corrected chi connectivity index (χ2v) is 11.5. The summed E-state index contributed by atoms with van der Waals surface area (Å²) in [7, 11) is -1.90. The molecule has 0 aliphatic carbocycles. The van der Waals surface area contributed by atoms with Crippen LogP contribution in [-0.2, 0) is 0 Å². The summed E-state index contributed by atoms with van der Waals surface area (Å²) in [5, 5.41) is 2.65.